The Bertz CT molecular complexity index is 176. The summed E-state index contributed by atoms with van der Waals surface area (Å²) in [5, 5.41) is 8.66. The van der Waals surface area contributed by atoms with Crippen molar-refractivity contribution in [3.63, 3.8) is 0 Å². The van der Waals surface area contributed by atoms with E-state index in [4.69, 9.17) is 15.6 Å². The molecule has 0 unspecified atom stereocenters. The van der Waals surface area contributed by atoms with Gasteiger partial charge in [0, 0.05) is 0 Å². The number of hydrogen-bond acceptors (Lipinski definition) is 4. The maximum Gasteiger partial charge on any atom is 0.325 e. The van der Waals surface area contributed by atoms with Gasteiger partial charge in [0.2, 0.25) is 0 Å². The van der Waals surface area contributed by atoms with Gasteiger partial charge in [0.1, 0.15) is 12.1 Å². The van der Waals surface area contributed by atoms with Crippen molar-refractivity contribution in [2.75, 3.05) is 6.61 Å². The molecule has 4 heteroatoms. The number of carbonyl (C=O) groups is 1. The smallest absolute Gasteiger partial charge is 0.325 e. The lowest BCUT2D eigenvalue weighted by molar-refractivity contribution is -0.152. The van der Waals surface area contributed by atoms with Crippen molar-refractivity contribution in [3.8, 4) is 0 Å². The number of ether oxygens (including phenoxy) is 1. The van der Waals surface area contributed by atoms with Crippen molar-refractivity contribution in [1.82, 2.24) is 0 Å². The second-order valence-corrected chi connectivity index (χ2v) is 3.84. The van der Waals surface area contributed by atoms with Gasteiger partial charge in [-0.15, -0.1) is 0 Å². The highest BCUT2D eigenvalue weighted by Crippen LogP contribution is 2.19. The lowest BCUT2D eigenvalue weighted by Crippen LogP contribution is -2.37. The number of carbonyl (C=O) groups excluding carboxylic acids is 1. The van der Waals surface area contributed by atoms with Gasteiger partial charge in [-0.25, -0.2) is 0 Å². The summed E-state index contributed by atoms with van der Waals surface area (Å²) in [7, 11) is 0. The summed E-state index contributed by atoms with van der Waals surface area (Å²) < 4.78 is 5.20. The topological polar surface area (TPSA) is 72.5 Å². The second kappa shape index (κ2) is 5.98. The molecule has 0 radical (unpaired) electrons. The van der Waals surface area contributed by atoms with Crippen LogP contribution >= 0.6 is 0 Å². The Hall–Kier alpha value is -0.610. The molecule has 1 aliphatic carbocycles. The number of aliphatic hydroxyl groups is 1. The zero-order valence-corrected chi connectivity index (χ0v) is 8.45. The van der Waals surface area contributed by atoms with E-state index in [-0.39, 0.29) is 12.7 Å². The largest absolute Gasteiger partial charge is 0.461 e. The van der Waals surface area contributed by atoms with E-state index in [1.807, 2.05) is 0 Å². The molecule has 82 valence electrons. The molecule has 0 spiro atoms. The molecule has 1 fully saturated rings. The molecule has 0 bridgehead atoms. The van der Waals surface area contributed by atoms with Crippen molar-refractivity contribution in [1.29, 1.82) is 0 Å². The zero-order chi connectivity index (χ0) is 10.4. The average Bonchev–Trinajstić information content (AvgIpc) is 2.45. The minimum atomic E-state index is -0.877. The van der Waals surface area contributed by atoms with Crippen LogP contribution in [0.3, 0.4) is 0 Å². The molecule has 0 saturated heterocycles. The van der Waals surface area contributed by atoms with E-state index in [1.54, 1.807) is 0 Å². The standard InChI is InChI=1S/C10H19NO3/c11-9(7-12)10(13)14-8-5-3-1-2-4-6-8/h8-9,12H,1-7,11H2/t9-/m0/s1. The first-order valence-corrected chi connectivity index (χ1v) is 5.31. The average molecular weight is 201 g/mol. The Morgan fingerprint density at radius 1 is 1.36 bits per heavy atom. The Morgan fingerprint density at radius 2 is 1.93 bits per heavy atom. The van der Waals surface area contributed by atoms with Gasteiger partial charge in [0.05, 0.1) is 6.61 Å². The molecule has 0 amide bonds. The van der Waals surface area contributed by atoms with Crippen molar-refractivity contribution in [3.05, 3.63) is 0 Å². The Morgan fingerprint density at radius 3 is 2.43 bits per heavy atom. The highest BCUT2D eigenvalue weighted by Gasteiger charge is 2.20. The van der Waals surface area contributed by atoms with Crippen molar-refractivity contribution in [2.45, 2.75) is 50.7 Å². The number of esters is 1. The summed E-state index contributed by atoms with van der Waals surface area (Å²) in [4.78, 5) is 11.2. The van der Waals surface area contributed by atoms with Gasteiger partial charge >= 0.3 is 5.97 Å². The highest BCUT2D eigenvalue weighted by atomic mass is 16.5. The van der Waals surface area contributed by atoms with Crippen molar-refractivity contribution in [2.24, 2.45) is 5.73 Å². The SMILES string of the molecule is N[C@@H](CO)C(=O)OC1CCCCCC1. The number of nitrogens with two attached hydrogens (primary N) is 1. The lowest BCUT2D eigenvalue weighted by atomic mass is 10.1. The Balaban J connectivity index is 2.30. The number of aliphatic hydroxyl groups excluding tert-OH is 1. The molecular weight excluding hydrogens is 182 g/mol. The molecule has 1 rings (SSSR count). The van der Waals surface area contributed by atoms with Crippen LogP contribution in [0, 0.1) is 0 Å². The first-order chi connectivity index (χ1) is 6.74. The predicted molar refractivity (Wildman–Crippen MR) is 52.6 cm³/mol. The second-order valence-electron chi connectivity index (χ2n) is 3.84. The molecule has 1 atom stereocenters. The van der Waals surface area contributed by atoms with Crippen LogP contribution in [0.5, 0.6) is 0 Å². The molecule has 1 saturated carbocycles. The molecular formula is C10H19NO3. The van der Waals surface area contributed by atoms with Crippen LogP contribution in [-0.4, -0.2) is 29.8 Å². The van der Waals surface area contributed by atoms with Gasteiger partial charge < -0.3 is 15.6 Å². The normalized spacial score (nSPS) is 21.3. The fourth-order valence-corrected chi connectivity index (χ4v) is 1.69. The van der Waals surface area contributed by atoms with Crippen LogP contribution in [0.15, 0.2) is 0 Å². The summed E-state index contributed by atoms with van der Waals surface area (Å²) in [5.74, 6) is -0.473. The van der Waals surface area contributed by atoms with Crippen molar-refractivity contribution < 1.29 is 14.6 Å². The molecule has 0 aliphatic heterocycles. The molecule has 0 aromatic rings. The summed E-state index contributed by atoms with van der Waals surface area (Å²) in [6.45, 7) is -0.342. The van der Waals surface area contributed by atoms with Gasteiger partial charge in [-0.1, -0.05) is 12.8 Å². The number of rotatable bonds is 3. The maximum atomic E-state index is 11.2. The van der Waals surface area contributed by atoms with Gasteiger partial charge in [-0.3, -0.25) is 4.79 Å². The van der Waals surface area contributed by atoms with Gasteiger partial charge in [0.15, 0.2) is 0 Å². The minimum Gasteiger partial charge on any atom is -0.461 e. The van der Waals surface area contributed by atoms with E-state index < -0.39 is 12.0 Å². The Kier molecular flexibility index (Phi) is 4.90. The summed E-state index contributed by atoms with van der Waals surface area (Å²) in [5.41, 5.74) is 5.35. The fourth-order valence-electron chi connectivity index (χ4n) is 1.69. The molecule has 1 aliphatic rings. The van der Waals surface area contributed by atoms with Crippen molar-refractivity contribution >= 4 is 5.97 Å². The highest BCUT2D eigenvalue weighted by molar-refractivity contribution is 5.75. The van der Waals surface area contributed by atoms with E-state index >= 15 is 0 Å². The van der Waals surface area contributed by atoms with E-state index in [0.717, 1.165) is 25.7 Å². The predicted octanol–water partition coefficient (Wildman–Crippen LogP) is 0.572. The molecule has 0 heterocycles. The van der Waals surface area contributed by atoms with Gasteiger partial charge in [-0.2, -0.15) is 0 Å². The third-order valence-electron chi connectivity index (χ3n) is 2.58. The summed E-state index contributed by atoms with van der Waals surface area (Å²) in [6.07, 6.45) is 6.56. The quantitative estimate of drug-likeness (QED) is 0.517. The first kappa shape index (κ1) is 11.5. The molecule has 0 aromatic heterocycles. The third-order valence-corrected chi connectivity index (χ3v) is 2.58. The van der Waals surface area contributed by atoms with E-state index in [9.17, 15) is 4.79 Å². The van der Waals surface area contributed by atoms with Crippen LogP contribution in [-0.2, 0) is 9.53 Å². The van der Waals surface area contributed by atoms with Crippen LogP contribution in [0.25, 0.3) is 0 Å². The molecule has 14 heavy (non-hydrogen) atoms. The van der Waals surface area contributed by atoms with Gasteiger partial charge in [0.25, 0.3) is 0 Å². The summed E-state index contributed by atoms with van der Waals surface area (Å²) in [6, 6.07) is -0.877. The molecule has 0 aromatic carbocycles. The van der Waals surface area contributed by atoms with Gasteiger partial charge in [-0.05, 0) is 25.7 Å². The van der Waals surface area contributed by atoms with E-state index in [0.29, 0.717) is 0 Å². The Labute approximate surface area is 84.4 Å². The third kappa shape index (κ3) is 3.64. The van der Waals surface area contributed by atoms with Crippen LogP contribution in [0.4, 0.5) is 0 Å². The maximum absolute atomic E-state index is 11.2. The number of hydrogen-bond donors (Lipinski definition) is 2. The first-order valence-electron chi connectivity index (χ1n) is 5.31. The molecule has 3 N–H and O–H groups in total. The monoisotopic (exact) mass is 201 g/mol. The lowest BCUT2D eigenvalue weighted by Gasteiger charge is -2.17. The zero-order valence-electron chi connectivity index (χ0n) is 8.45. The fraction of sp³-hybridized carbons (Fsp3) is 0.900. The van der Waals surface area contributed by atoms with Crippen LogP contribution in [0.2, 0.25) is 0 Å². The minimum absolute atomic E-state index is 0.0163. The van der Waals surface area contributed by atoms with E-state index in [2.05, 4.69) is 0 Å². The molecule has 4 nitrogen and oxygen atoms in total. The van der Waals surface area contributed by atoms with Crippen LogP contribution in [0.1, 0.15) is 38.5 Å². The van der Waals surface area contributed by atoms with Crippen LogP contribution < -0.4 is 5.73 Å². The van der Waals surface area contributed by atoms with E-state index in [1.165, 1.54) is 12.8 Å². The summed E-state index contributed by atoms with van der Waals surface area (Å²) >= 11 is 0.